The van der Waals surface area contributed by atoms with E-state index in [1.54, 1.807) is 0 Å². The lowest BCUT2D eigenvalue weighted by molar-refractivity contribution is -0.149. The number of alkyl halides is 3. The zero-order valence-electron chi connectivity index (χ0n) is 10.2. The Hall–Kier alpha value is -0.290. The minimum Gasteiger partial charge on any atom is -0.377 e. The van der Waals surface area contributed by atoms with Gasteiger partial charge in [-0.05, 0) is 6.42 Å². The van der Waals surface area contributed by atoms with E-state index in [9.17, 15) is 13.2 Å². The lowest BCUT2D eigenvalue weighted by atomic mass is 10.2. The first-order chi connectivity index (χ1) is 7.35. The van der Waals surface area contributed by atoms with Crippen LogP contribution in [0.15, 0.2) is 0 Å². The molecule has 1 atom stereocenters. The number of halogens is 3. The Morgan fingerprint density at radius 2 is 1.88 bits per heavy atom. The summed E-state index contributed by atoms with van der Waals surface area (Å²) < 4.78 is 41.0. The van der Waals surface area contributed by atoms with Crippen molar-refractivity contribution in [3.8, 4) is 0 Å². The van der Waals surface area contributed by atoms with Crippen LogP contribution < -0.4 is 5.32 Å². The van der Waals surface area contributed by atoms with E-state index in [4.69, 9.17) is 4.74 Å². The maximum Gasteiger partial charge on any atom is 0.391 e. The summed E-state index contributed by atoms with van der Waals surface area (Å²) in [6.45, 7) is 6.37. The number of nitrogens with one attached hydrogen (secondary N) is 1. The largest absolute Gasteiger partial charge is 0.391 e. The lowest BCUT2D eigenvalue weighted by Gasteiger charge is -2.19. The molecule has 98 valence electrons. The summed E-state index contributed by atoms with van der Waals surface area (Å²) in [6, 6.07) is 0.325. The van der Waals surface area contributed by atoms with Crippen LogP contribution in [0.4, 0.5) is 13.2 Å². The van der Waals surface area contributed by atoms with E-state index in [0.717, 1.165) is 12.8 Å². The second kappa shape index (κ2) is 7.90. The maximum atomic E-state index is 11.9. The van der Waals surface area contributed by atoms with Crippen molar-refractivity contribution in [2.75, 3.05) is 13.2 Å². The summed E-state index contributed by atoms with van der Waals surface area (Å²) in [5, 5.41) is 3.17. The van der Waals surface area contributed by atoms with Crippen molar-refractivity contribution in [2.45, 2.75) is 58.4 Å². The predicted molar refractivity (Wildman–Crippen MR) is 58.5 cm³/mol. The minimum absolute atomic E-state index is 0.116. The Balaban J connectivity index is 3.76. The Morgan fingerprint density at radius 1 is 1.25 bits per heavy atom. The van der Waals surface area contributed by atoms with Crippen LogP contribution in [0.1, 0.15) is 40.0 Å². The molecular weight excluding hydrogens is 219 g/mol. The van der Waals surface area contributed by atoms with Crippen LogP contribution >= 0.6 is 0 Å². The van der Waals surface area contributed by atoms with Gasteiger partial charge in [-0.3, -0.25) is 0 Å². The summed E-state index contributed by atoms with van der Waals surface area (Å²) in [7, 11) is 0. The molecule has 16 heavy (non-hydrogen) atoms. The topological polar surface area (TPSA) is 21.3 Å². The predicted octanol–water partition coefficient (Wildman–Crippen LogP) is 3.12. The van der Waals surface area contributed by atoms with Gasteiger partial charge in [0.05, 0.1) is 19.1 Å². The molecule has 0 heterocycles. The Labute approximate surface area is 95.5 Å². The molecular formula is C11H22F3NO. The van der Waals surface area contributed by atoms with Crippen molar-refractivity contribution in [3.05, 3.63) is 0 Å². The van der Waals surface area contributed by atoms with E-state index in [0.29, 0.717) is 12.6 Å². The highest BCUT2D eigenvalue weighted by Crippen LogP contribution is 2.19. The molecule has 0 bridgehead atoms. The van der Waals surface area contributed by atoms with E-state index < -0.39 is 12.6 Å². The van der Waals surface area contributed by atoms with Gasteiger partial charge < -0.3 is 10.1 Å². The molecule has 0 aromatic heterocycles. The Bertz CT molecular complexity index is 171. The molecule has 0 radical (unpaired) electrons. The SMILES string of the molecule is CCCC(CNC(C)C)OCCC(F)(F)F. The summed E-state index contributed by atoms with van der Waals surface area (Å²) in [5.74, 6) is 0. The standard InChI is InChI=1S/C11H22F3NO/c1-4-5-10(8-15-9(2)3)16-7-6-11(12,13)14/h9-10,15H,4-8H2,1-3H3. The molecule has 0 saturated carbocycles. The average molecular weight is 241 g/mol. The van der Waals surface area contributed by atoms with Crippen molar-refractivity contribution < 1.29 is 17.9 Å². The highest BCUT2D eigenvalue weighted by atomic mass is 19.4. The summed E-state index contributed by atoms with van der Waals surface area (Å²) in [4.78, 5) is 0. The van der Waals surface area contributed by atoms with Crippen molar-refractivity contribution in [1.82, 2.24) is 5.32 Å². The Morgan fingerprint density at radius 3 is 2.31 bits per heavy atom. The third-order valence-electron chi connectivity index (χ3n) is 2.10. The van der Waals surface area contributed by atoms with Crippen LogP contribution in [0.2, 0.25) is 0 Å². The first-order valence-corrected chi connectivity index (χ1v) is 5.77. The van der Waals surface area contributed by atoms with Crippen molar-refractivity contribution in [3.63, 3.8) is 0 Å². The van der Waals surface area contributed by atoms with Crippen molar-refractivity contribution >= 4 is 0 Å². The molecule has 0 fully saturated rings. The molecule has 0 amide bonds. The molecule has 0 aliphatic heterocycles. The molecule has 0 saturated heterocycles. The summed E-state index contributed by atoms with van der Waals surface area (Å²) in [5.41, 5.74) is 0. The normalized spacial score (nSPS) is 14.4. The fourth-order valence-corrected chi connectivity index (χ4v) is 1.27. The lowest BCUT2D eigenvalue weighted by Crippen LogP contribution is -2.34. The number of rotatable bonds is 8. The van der Waals surface area contributed by atoms with Gasteiger partial charge in [0, 0.05) is 12.6 Å². The van der Waals surface area contributed by atoms with Gasteiger partial charge in [-0.25, -0.2) is 0 Å². The van der Waals surface area contributed by atoms with Crippen molar-refractivity contribution in [1.29, 1.82) is 0 Å². The number of ether oxygens (including phenoxy) is 1. The average Bonchev–Trinajstić information content (AvgIpc) is 2.12. The molecule has 5 heteroatoms. The highest BCUT2D eigenvalue weighted by molar-refractivity contribution is 4.64. The quantitative estimate of drug-likeness (QED) is 0.705. The van der Waals surface area contributed by atoms with Gasteiger partial charge in [0.15, 0.2) is 0 Å². The monoisotopic (exact) mass is 241 g/mol. The van der Waals surface area contributed by atoms with Gasteiger partial charge >= 0.3 is 6.18 Å². The van der Waals surface area contributed by atoms with Gasteiger partial charge in [-0.2, -0.15) is 13.2 Å². The second-order valence-electron chi connectivity index (χ2n) is 4.21. The number of hydrogen-bond donors (Lipinski definition) is 1. The molecule has 0 aliphatic carbocycles. The van der Waals surface area contributed by atoms with Gasteiger partial charge in [0.25, 0.3) is 0 Å². The number of hydrogen-bond acceptors (Lipinski definition) is 2. The highest BCUT2D eigenvalue weighted by Gasteiger charge is 2.27. The minimum atomic E-state index is -4.12. The summed E-state index contributed by atoms with van der Waals surface area (Å²) >= 11 is 0. The van der Waals surface area contributed by atoms with E-state index >= 15 is 0 Å². The van der Waals surface area contributed by atoms with Gasteiger partial charge in [0.2, 0.25) is 0 Å². The third kappa shape index (κ3) is 10.2. The fraction of sp³-hybridized carbons (Fsp3) is 1.00. The van der Waals surface area contributed by atoms with Crippen LogP contribution in [0.25, 0.3) is 0 Å². The van der Waals surface area contributed by atoms with E-state index in [1.165, 1.54) is 0 Å². The molecule has 0 aromatic carbocycles. The van der Waals surface area contributed by atoms with Crippen LogP contribution in [-0.4, -0.2) is 31.5 Å². The van der Waals surface area contributed by atoms with Gasteiger partial charge in [-0.15, -0.1) is 0 Å². The molecule has 0 aliphatic rings. The first kappa shape index (κ1) is 15.7. The van der Waals surface area contributed by atoms with Crippen LogP contribution in [0.5, 0.6) is 0 Å². The van der Waals surface area contributed by atoms with Crippen molar-refractivity contribution in [2.24, 2.45) is 0 Å². The van der Waals surface area contributed by atoms with Crippen LogP contribution in [-0.2, 0) is 4.74 Å². The molecule has 0 spiro atoms. The molecule has 1 unspecified atom stereocenters. The second-order valence-corrected chi connectivity index (χ2v) is 4.21. The Kier molecular flexibility index (Phi) is 7.76. The van der Waals surface area contributed by atoms with E-state index in [2.05, 4.69) is 5.32 Å². The molecule has 0 rings (SSSR count). The van der Waals surface area contributed by atoms with E-state index in [1.807, 2.05) is 20.8 Å². The maximum absolute atomic E-state index is 11.9. The fourth-order valence-electron chi connectivity index (χ4n) is 1.27. The molecule has 0 aromatic rings. The van der Waals surface area contributed by atoms with E-state index in [-0.39, 0.29) is 12.7 Å². The van der Waals surface area contributed by atoms with Gasteiger partial charge in [-0.1, -0.05) is 27.2 Å². The molecule has 1 N–H and O–H groups in total. The van der Waals surface area contributed by atoms with Crippen LogP contribution in [0.3, 0.4) is 0 Å². The van der Waals surface area contributed by atoms with Gasteiger partial charge in [0.1, 0.15) is 0 Å². The summed E-state index contributed by atoms with van der Waals surface area (Å²) in [6.07, 6.45) is -3.40. The zero-order valence-corrected chi connectivity index (χ0v) is 10.2. The third-order valence-corrected chi connectivity index (χ3v) is 2.10. The first-order valence-electron chi connectivity index (χ1n) is 5.77. The molecule has 2 nitrogen and oxygen atoms in total. The zero-order chi connectivity index (χ0) is 12.6. The van der Waals surface area contributed by atoms with Crippen LogP contribution in [0, 0.1) is 0 Å². The smallest absolute Gasteiger partial charge is 0.377 e.